The maximum atomic E-state index is 13.0. The van der Waals surface area contributed by atoms with Crippen LogP contribution in [0.3, 0.4) is 0 Å². The Morgan fingerprint density at radius 3 is 2.65 bits per heavy atom. The summed E-state index contributed by atoms with van der Waals surface area (Å²) < 4.78 is 5.29. The fourth-order valence-corrected chi connectivity index (χ4v) is 3.31. The standard InChI is InChI=1S/C18H18N2O2S/c1-13-12-19-18(23-13)20(15-9-6-10-16(11-15)22-2)17(21)14-7-4-3-5-8-14/h3-11,13H,12H2,1-2H3/t13-/m0/s1. The van der Waals surface area contributed by atoms with Crippen molar-refractivity contribution < 1.29 is 9.53 Å². The molecule has 0 fully saturated rings. The second-order valence-electron chi connectivity index (χ2n) is 5.26. The van der Waals surface area contributed by atoms with Crippen LogP contribution in [0.15, 0.2) is 59.6 Å². The fraction of sp³-hybridized carbons (Fsp3) is 0.222. The number of hydrogen-bond donors (Lipinski definition) is 0. The summed E-state index contributed by atoms with van der Waals surface area (Å²) in [5, 5.41) is 1.11. The molecule has 0 bridgehead atoms. The van der Waals surface area contributed by atoms with Gasteiger partial charge in [-0.15, -0.1) is 0 Å². The molecule has 0 N–H and O–H groups in total. The number of aliphatic imine (C=N–C) groups is 1. The van der Waals surface area contributed by atoms with Gasteiger partial charge < -0.3 is 4.74 Å². The summed E-state index contributed by atoms with van der Waals surface area (Å²) in [7, 11) is 1.62. The predicted molar refractivity (Wildman–Crippen MR) is 95.6 cm³/mol. The molecule has 23 heavy (non-hydrogen) atoms. The molecule has 0 aliphatic carbocycles. The summed E-state index contributed by atoms with van der Waals surface area (Å²) in [5.74, 6) is 0.629. The van der Waals surface area contributed by atoms with Gasteiger partial charge in [-0.05, 0) is 24.3 Å². The molecule has 0 spiro atoms. The quantitative estimate of drug-likeness (QED) is 0.861. The lowest BCUT2D eigenvalue weighted by molar-refractivity contribution is 0.100. The zero-order valence-corrected chi connectivity index (χ0v) is 13.9. The van der Waals surface area contributed by atoms with Crippen molar-refractivity contribution in [1.82, 2.24) is 0 Å². The van der Waals surface area contributed by atoms with Crippen molar-refractivity contribution in [3.63, 3.8) is 0 Å². The first-order chi connectivity index (χ1) is 11.2. The average Bonchev–Trinajstić information content (AvgIpc) is 3.02. The minimum absolute atomic E-state index is 0.0841. The number of anilines is 1. The van der Waals surface area contributed by atoms with Gasteiger partial charge in [0.15, 0.2) is 5.17 Å². The SMILES string of the molecule is COc1cccc(N(C(=O)c2ccccc2)C2=NC[C@H](C)S2)c1. The van der Waals surface area contributed by atoms with E-state index in [-0.39, 0.29) is 5.91 Å². The van der Waals surface area contributed by atoms with Crippen LogP contribution in [0.5, 0.6) is 5.75 Å². The van der Waals surface area contributed by atoms with Crippen molar-refractivity contribution in [1.29, 1.82) is 0 Å². The number of benzene rings is 2. The van der Waals surface area contributed by atoms with Gasteiger partial charge in [-0.25, -0.2) is 0 Å². The maximum Gasteiger partial charge on any atom is 0.264 e. The Balaban J connectivity index is 2.02. The van der Waals surface area contributed by atoms with Crippen LogP contribution in [0.1, 0.15) is 17.3 Å². The first-order valence-corrected chi connectivity index (χ1v) is 8.31. The lowest BCUT2D eigenvalue weighted by Crippen LogP contribution is -2.34. The third-order valence-electron chi connectivity index (χ3n) is 3.52. The highest BCUT2D eigenvalue weighted by Crippen LogP contribution is 2.30. The Bertz CT molecular complexity index is 731. The van der Waals surface area contributed by atoms with Crippen LogP contribution >= 0.6 is 11.8 Å². The number of hydrogen-bond acceptors (Lipinski definition) is 4. The number of carbonyl (C=O) groups is 1. The molecule has 4 nitrogen and oxygen atoms in total. The molecule has 118 valence electrons. The smallest absolute Gasteiger partial charge is 0.264 e. The van der Waals surface area contributed by atoms with Gasteiger partial charge in [-0.1, -0.05) is 43.0 Å². The molecular formula is C18H18N2O2S. The zero-order valence-electron chi connectivity index (χ0n) is 13.1. The number of amidine groups is 1. The summed E-state index contributed by atoms with van der Waals surface area (Å²) in [6.45, 7) is 2.83. The topological polar surface area (TPSA) is 41.9 Å². The fourth-order valence-electron chi connectivity index (χ4n) is 2.36. The zero-order chi connectivity index (χ0) is 16.2. The number of carbonyl (C=O) groups excluding carboxylic acids is 1. The molecule has 1 heterocycles. The number of rotatable bonds is 3. The highest BCUT2D eigenvalue weighted by atomic mass is 32.2. The van der Waals surface area contributed by atoms with Gasteiger partial charge in [-0.3, -0.25) is 14.7 Å². The van der Waals surface area contributed by atoms with Crippen molar-refractivity contribution in [3.05, 3.63) is 60.2 Å². The molecule has 0 saturated heterocycles. The average molecular weight is 326 g/mol. The Labute approximate surface area is 140 Å². The number of ether oxygens (including phenoxy) is 1. The van der Waals surface area contributed by atoms with E-state index in [2.05, 4.69) is 11.9 Å². The largest absolute Gasteiger partial charge is 0.497 e. The van der Waals surface area contributed by atoms with Gasteiger partial charge in [0.25, 0.3) is 5.91 Å². The van der Waals surface area contributed by atoms with E-state index >= 15 is 0 Å². The molecule has 0 unspecified atom stereocenters. The molecule has 5 heteroatoms. The van der Waals surface area contributed by atoms with E-state index < -0.39 is 0 Å². The van der Waals surface area contributed by atoms with E-state index in [0.29, 0.717) is 16.6 Å². The second kappa shape index (κ2) is 6.87. The number of thioether (sulfide) groups is 1. The molecule has 2 aromatic rings. The van der Waals surface area contributed by atoms with E-state index in [1.807, 2.05) is 54.6 Å². The molecule has 0 saturated carbocycles. The molecule has 1 amide bonds. The number of nitrogens with zero attached hydrogens (tertiary/aromatic N) is 2. The number of amides is 1. The second-order valence-corrected chi connectivity index (χ2v) is 6.67. The molecule has 0 radical (unpaired) electrons. The van der Waals surface area contributed by atoms with Gasteiger partial charge >= 0.3 is 0 Å². The van der Waals surface area contributed by atoms with Crippen molar-refractivity contribution in [2.75, 3.05) is 18.6 Å². The Hall–Kier alpha value is -2.27. The third-order valence-corrected chi connectivity index (χ3v) is 4.59. The monoisotopic (exact) mass is 326 g/mol. The van der Waals surface area contributed by atoms with Gasteiger partial charge in [0.2, 0.25) is 0 Å². The minimum atomic E-state index is -0.0841. The van der Waals surface area contributed by atoms with E-state index in [4.69, 9.17) is 4.74 Å². The lowest BCUT2D eigenvalue weighted by Gasteiger charge is -2.23. The van der Waals surface area contributed by atoms with E-state index in [1.165, 1.54) is 0 Å². The van der Waals surface area contributed by atoms with E-state index in [0.717, 1.165) is 17.4 Å². The van der Waals surface area contributed by atoms with Crippen LogP contribution in [0, 0.1) is 0 Å². The van der Waals surface area contributed by atoms with Crippen molar-refractivity contribution in [2.45, 2.75) is 12.2 Å². The molecule has 0 aromatic heterocycles. The van der Waals surface area contributed by atoms with Crippen LogP contribution in [0.2, 0.25) is 0 Å². The first kappa shape index (κ1) is 15.6. The van der Waals surface area contributed by atoms with Gasteiger partial charge in [0, 0.05) is 16.9 Å². The van der Waals surface area contributed by atoms with Crippen molar-refractivity contribution in [3.8, 4) is 5.75 Å². The normalized spacial score (nSPS) is 16.8. The molecule has 1 aliphatic rings. The highest BCUT2D eigenvalue weighted by Gasteiger charge is 2.28. The third kappa shape index (κ3) is 3.40. The summed E-state index contributed by atoms with van der Waals surface area (Å²) in [4.78, 5) is 19.2. The van der Waals surface area contributed by atoms with Crippen molar-refractivity contribution >= 4 is 28.5 Å². The lowest BCUT2D eigenvalue weighted by atomic mass is 10.2. The summed E-state index contributed by atoms with van der Waals surface area (Å²) in [6.07, 6.45) is 0. The highest BCUT2D eigenvalue weighted by molar-refractivity contribution is 8.15. The van der Waals surface area contributed by atoms with E-state index in [1.54, 1.807) is 23.8 Å². The van der Waals surface area contributed by atoms with Crippen LogP contribution in [-0.2, 0) is 0 Å². The van der Waals surface area contributed by atoms with Gasteiger partial charge in [0.05, 0.1) is 19.3 Å². The van der Waals surface area contributed by atoms with Crippen molar-refractivity contribution in [2.24, 2.45) is 4.99 Å². The Morgan fingerprint density at radius 2 is 2.00 bits per heavy atom. The number of methoxy groups -OCH3 is 1. The van der Waals surface area contributed by atoms with Crippen LogP contribution in [0.25, 0.3) is 0 Å². The minimum Gasteiger partial charge on any atom is -0.497 e. The predicted octanol–water partition coefficient (Wildman–Crippen LogP) is 3.83. The van der Waals surface area contributed by atoms with Gasteiger partial charge in [0.1, 0.15) is 5.75 Å². The molecule has 2 aromatic carbocycles. The van der Waals surface area contributed by atoms with Gasteiger partial charge in [-0.2, -0.15) is 0 Å². The molecule has 1 atom stereocenters. The summed E-state index contributed by atoms with van der Waals surface area (Å²) in [5.41, 5.74) is 1.40. The summed E-state index contributed by atoms with van der Waals surface area (Å²) in [6, 6.07) is 16.8. The maximum absolute atomic E-state index is 13.0. The Kier molecular flexibility index (Phi) is 4.67. The first-order valence-electron chi connectivity index (χ1n) is 7.43. The molecular weight excluding hydrogens is 308 g/mol. The molecule has 1 aliphatic heterocycles. The molecule has 3 rings (SSSR count). The van der Waals surface area contributed by atoms with Crippen LogP contribution < -0.4 is 9.64 Å². The van der Waals surface area contributed by atoms with Crippen LogP contribution in [0.4, 0.5) is 5.69 Å². The van der Waals surface area contributed by atoms with E-state index in [9.17, 15) is 4.79 Å². The van der Waals surface area contributed by atoms with Crippen LogP contribution in [-0.4, -0.2) is 30.0 Å². The summed E-state index contributed by atoms with van der Waals surface area (Å²) >= 11 is 1.62. The Morgan fingerprint density at radius 1 is 1.22 bits per heavy atom.